The van der Waals surface area contributed by atoms with Crippen LogP contribution < -0.4 is 5.32 Å². The highest BCUT2D eigenvalue weighted by molar-refractivity contribution is 5.24. The molecule has 3 atom stereocenters. The molecule has 100 valence electrons. The van der Waals surface area contributed by atoms with Gasteiger partial charge in [0, 0.05) is 19.2 Å². The van der Waals surface area contributed by atoms with Crippen LogP contribution in [0.1, 0.15) is 49.8 Å². The van der Waals surface area contributed by atoms with Crippen LogP contribution in [0.5, 0.6) is 0 Å². The summed E-state index contributed by atoms with van der Waals surface area (Å²) in [6.07, 6.45) is 5.22. The van der Waals surface area contributed by atoms with Gasteiger partial charge in [-0.2, -0.15) is 0 Å². The Balaban J connectivity index is 2.02. The third-order valence-corrected chi connectivity index (χ3v) is 4.06. The largest absolute Gasteiger partial charge is 0.380 e. The lowest BCUT2D eigenvalue weighted by molar-refractivity contribution is 0.0810. The van der Waals surface area contributed by atoms with E-state index >= 15 is 0 Å². The van der Waals surface area contributed by atoms with Crippen molar-refractivity contribution in [3.8, 4) is 0 Å². The van der Waals surface area contributed by atoms with Gasteiger partial charge in [0.2, 0.25) is 0 Å². The SMILES string of the molecule is CCC(NC1CCCC1OC)c1ccc(C)cc1. The molecule has 0 aliphatic heterocycles. The van der Waals surface area contributed by atoms with Crippen LogP contribution >= 0.6 is 0 Å². The molecular formula is C16H25NO. The molecule has 3 unspecified atom stereocenters. The topological polar surface area (TPSA) is 21.3 Å². The van der Waals surface area contributed by atoms with E-state index in [2.05, 4.69) is 43.4 Å². The average Bonchev–Trinajstić information content (AvgIpc) is 2.84. The van der Waals surface area contributed by atoms with E-state index in [1.165, 1.54) is 30.4 Å². The van der Waals surface area contributed by atoms with E-state index in [1.807, 2.05) is 7.11 Å². The molecule has 18 heavy (non-hydrogen) atoms. The molecule has 0 saturated heterocycles. The Bertz CT molecular complexity index is 360. The summed E-state index contributed by atoms with van der Waals surface area (Å²) < 4.78 is 5.56. The Morgan fingerprint density at radius 1 is 1.28 bits per heavy atom. The molecule has 2 nitrogen and oxygen atoms in total. The molecule has 1 aromatic rings. The number of hydrogen-bond acceptors (Lipinski definition) is 2. The summed E-state index contributed by atoms with van der Waals surface area (Å²) in [5.41, 5.74) is 2.72. The minimum Gasteiger partial charge on any atom is -0.380 e. The number of methoxy groups -OCH3 is 1. The Morgan fingerprint density at radius 2 is 2.00 bits per heavy atom. The van der Waals surface area contributed by atoms with Crippen LogP contribution in [-0.2, 0) is 4.74 Å². The fraction of sp³-hybridized carbons (Fsp3) is 0.625. The third kappa shape index (κ3) is 3.12. The minimum absolute atomic E-state index is 0.393. The van der Waals surface area contributed by atoms with Gasteiger partial charge in [-0.1, -0.05) is 36.8 Å². The molecule has 1 aliphatic rings. The predicted molar refractivity (Wildman–Crippen MR) is 75.8 cm³/mol. The maximum absolute atomic E-state index is 5.56. The summed E-state index contributed by atoms with van der Waals surface area (Å²) in [7, 11) is 1.83. The van der Waals surface area contributed by atoms with Gasteiger partial charge in [0.25, 0.3) is 0 Å². The van der Waals surface area contributed by atoms with Crippen molar-refractivity contribution in [3.05, 3.63) is 35.4 Å². The zero-order valence-corrected chi connectivity index (χ0v) is 11.8. The zero-order chi connectivity index (χ0) is 13.0. The van der Waals surface area contributed by atoms with E-state index < -0.39 is 0 Å². The van der Waals surface area contributed by atoms with Gasteiger partial charge in [-0.15, -0.1) is 0 Å². The average molecular weight is 247 g/mol. The molecule has 0 bridgehead atoms. The molecule has 0 spiro atoms. The van der Waals surface area contributed by atoms with Crippen LogP contribution in [-0.4, -0.2) is 19.3 Å². The van der Waals surface area contributed by atoms with Crippen molar-refractivity contribution in [2.45, 2.75) is 57.7 Å². The molecule has 2 heteroatoms. The van der Waals surface area contributed by atoms with Crippen molar-refractivity contribution < 1.29 is 4.74 Å². The standard InChI is InChI=1S/C16H25NO/c1-4-14(13-10-8-12(2)9-11-13)17-15-6-5-7-16(15)18-3/h8-11,14-17H,4-7H2,1-3H3. The van der Waals surface area contributed by atoms with Gasteiger partial charge in [0.05, 0.1) is 6.10 Å². The molecule has 2 rings (SSSR count). The van der Waals surface area contributed by atoms with Gasteiger partial charge in [-0.25, -0.2) is 0 Å². The van der Waals surface area contributed by atoms with Crippen molar-refractivity contribution in [1.29, 1.82) is 0 Å². The Morgan fingerprint density at radius 3 is 2.61 bits per heavy atom. The van der Waals surface area contributed by atoms with E-state index in [-0.39, 0.29) is 0 Å². The van der Waals surface area contributed by atoms with E-state index in [9.17, 15) is 0 Å². The quantitative estimate of drug-likeness (QED) is 0.858. The maximum atomic E-state index is 5.56. The van der Waals surface area contributed by atoms with Crippen molar-refractivity contribution in [1.82, 2.24) is 5.32 Å². The van der Waals surface area contributed by atoms with E-state index in [1.54, 1.807) is 0 Å². The van der Waals surface area contributed by atoms with Gasteiger partial charge < -0.3 is 10.1 Å². The fourth-order valence-corrected chi connectivity index (χ4v) is 2.91. The molecule has 1 saturated carbocycles. The van der Waals surface area contributed by atoms with Crippen LogP contribution in [0.3, 0.4) is 0 Å². The lowest BCUT2D eigenvalue weighted by atomic mass is 10.0. The lowest BCUT2D eigenvalue weighted by Gasteiger charge is -2.26. The number of ether oxygens (including phenoxy) is 1. The summed E-state index contributed by atoms with van der Waals surface area (Å²) >= 11 is 0. The molecular weight excluding hydrogens is 222 g/mol. The summed E-state index contributed by atoms with van der Waals surface area (Å²) in [6.45, 7) is 4.38. The molecule has 1 aliphatic carbocycles. The summed E-state index contributed by atoms with van der Waals surface area (Å²) in [4.78, 5) is 0. The highest BCUT2D eigenvalue weighted by Crippen LogP contribution is 2.26. The maximum Gasteiger partial charge on any atom is 0.0724 e. The summed E-state index contributed by atoms with van der Waals surface area (Å²) in [5.74, 6) is 0. The molecule has 1 fully saturated rings. The summed E-state index contributed by atoms with van der Waals surface area (Å²) in [6, 6.07) is 9.85. The van der Waals surface area contributed by atoms with Gasteiger partial charge in [0.1, 0.15) is 0 Å². The number of rotatable bonds is 5. The van der Waals surface area contributed by atoms with Crippen LogP contribution in [0.2, 0.25) is 0 Å². The molecule has 0 heterocycles. The lowest BCUT2D eigenvalue weighted by Crippen LogP contribution is -2.39. The molecule has 1 N–H and O–H groups in total. The molecule has 0 amide bonds. The van der Waals surface area contributed by atoms with Crippen LogP contribution in [0, 0.1) is 6.92 Å². The zero-order valence-electron chi connectivity index (χ0n) is 11.8. The molecule has 0 radical (unpaired) electrons. The van der Waals surface area contributed by atoms with Crippen molar-refractivity contribution in [2.75, 3.05) is 7.11 Å². The van der Waals surface area contributed by atoms with E-state index in [4.69, 9.17) is 4.74 Å². The first-order chi connectivity index (χ1) is 8.74. The fourth-order valence-electron chi connectivity index (χ4n) is 2.91. The van der Waals surface area contributed by atoms with Gasteiger partial charge in [0.15, 0.2) is 0 Å². The smallest absolute Gasteiger partial charge is 0.0724 e. The number of nitrogens with one attached hydrogen (secondary N) is 1. The number of aryl methyl sites for hydroxylation is 1. The van der Waals surface area contributed by atoms with Crippen LogP contribution in [0.15, 0.2) is 24.3 Å². The first-order valence-corrected chi connectivity index (χ1v) is 7.10. The number of benzene rings is 1. The highest BCUT2D eigenvalue weighted by atomic mass is 16.5. The van der Waals surface area contributed by atoms with Crippen LogP contribution in [0.4, 0.5) is 0 Å². The van der Waals surface area contributed by atoms with E-state index in [0.29, 0.717) is 18.2 Å². The minimum atomic E-state index is 0.393. The van der Waals surface area contributed by atoms with Crippen molar-refractivity contribution in [3.63, 3.8) is 0 Å². The Hall–Kier alpha value is -0.860. The van der Waals surface area contributed by atoms with E-state index in [0.717, 1.165) is 6.42 Å². The van der Waals surface area contributed by atoms with Crippen molar-refractivity contribution in [2.24, 2.45) is 0 Å². The first-order valence-electron chi connectivity index (χ1n) is 7.10. The van der Waals surface area contributed by atoms with Gasteiger partial charge in [-0.3, -0.25) is 0 Å². The molecule has 1 aromatic carbocycles. The second-order valence-corrected chi connectivity index (χ2v) is 5.35. The summed E-state index contributed by atoms with van der Waals surface area (Å²) in [5, 5.41) is 3.78. The van der Waals surface area contributed by atoms with Gasteiger partial charge >= 0.3 is 0 Å². The van der Waals surface area contributed by atoms with Gasteiger partial charge in [-0.05, 0) is 38.2 Å². The third-order valence-electron chi connectivity index (χ3n) is 4.06. The van der Waals surface area contributed by atoms with Crippen LogP contribution in [0.25, 0.3) is 0 Å². The predicted octanol–water partition coefficient (Wildman–Crippen LogP) is 3.60. The normalized spacial score (nSPS) is 25.3. The van der Waals surface area contributed by atoms with Crippen molar-refractivity contribution >= 4 is 0 Å². The highest BCUT2D eigenvalue weighted by Gasteiger charge is 2.28. The Labute approximate surface area is 111 Å². The second kappa shape index (κ2) is 6.35. The Kier molecular flexibility index (Phi) is 4.79. The second-order valence-electron chi connectivity index (χ2n) is 5.35. The first kappa shape index (κ1) is 13.6. The molecule has 0 aromatic heterocycles. The number of hydrogen-bond donors (Lipinski definition) is 1. The monoisotopic (exact) mass is 247 g/mol.